The van der Waals surface area contributed by atoms with Crippen LogP contribution >= 0.6 is 15.9 Å². The molecule has 1 nitrogen and oxygen atoms in total. The fourth-order valence-corrected chi connectivity index (χ4v) is 2.66. The Hall–Kier alpha value is -1.26. The maximum atomic E-state index is 13.8. The number of hydrogen-bond acceptors (Lipinski definition) is 1. The summed E-state index contributed by atoms with van der Waals surface area (Å²) in [4.78, 5) is 0. The van der Waals surface area contributed by atoms with E-state index in [1.807, 2.05) is 31.2 Å². The molecule has 0 aliphatic heterocycles. The Morgan fingerprint density at radius 3 is 2.38 bits per heavy atom. The highest BCUT2D eigenvalue weighted by molar-refractivity contribution is 9.10. The quantitative estimate of drug-likeness (QED) is 0.745. The van der Waals surface area contributed by atoms with Crippen LogP contribution in [0.15, 0.2) is 46.9 Å². The third kappa shape index (κ3) is 3.89. The van der Waals surface area contributed by atoms with E-state index in [1.54, 1.807) is 6.07 Å². The smallest absolute Gasteiger partial charge is 0.163 e. The topological polar surface area (TPSA) is 12.0 Å². The van der Waals surface area contributed by atoms with Crippen LogP contribution < -0.4 is 5.32 Å². The number of hydrogen-bond donors (Lipinski definition) is 1. The van der Waals surface area contributed by atoms with Crippen molar-refractivity contribution in [3.63, 3.8) is 0 Å². The van der Waals surface area contributed by atoms with Gasteiger partial charge in [-0.2, -0.15) is 0 Å². The summed E-state index contributed by atoms with van der Waals surface area (Å²) in [5.74, 6) is -1.58. The molecule has 4 heteroatoms. The van der Waals surface area contributed by atoms with Gasteiger partial charge in [-0.05, 0) is 37.1 Å². The molecule has 2 aromatic carbocycles. The Labute approximate surface area is 132 Å². The fraction of sp³-hybridized carbons (Fsp3) is 0.294. The van der Waals surface area contributed by atoms with Crippen molar-refractivity contribution in [2.24, 2.45) is 0 Å². The van der Waals surface area contributed by atoms with Crippen LogP contribution in [0.4, 0.5) is 8.78 Å². The molecule has 0 bridgehead atoms. The lowest BCUT2D eigenvalue weighted by Gasteiger charge is -2.23. The molecule has 0 spiro atoms. The molecule has 2 rings (SSSR count). The molecule has 0 saturated carbocycles. The van der Waals surface area contributed by atoms with Gasteiger partial charge in [0.05, 0.1) is 0 Å². The van der Waals surface area contributed by atoms with Gasteiger partial charge in [0.15, 0.2) is 11.6 Å². The molecule has 2 unspecified atom stereocenters. The van der Waals surface area contributed by atoms with Crippen LogP contribution in [0.3, 0.4) is 0 Å². The Kier molecular flexibility index (Phi) is 5.48. The van der Waals surface area contributed by atoms with E-state index >= 15 is 0 Å². The van der Waals surface area contributed by atoms with Crippen LogP contribution in [-0.2, 0) is 0 Å². The van der Waals surface area contributed by atoms with Crippen molar-refractivity contribution in [3.8, 4) is 0 Å². The zero-order chi connectivity index (χ0) is 15.4. The molecule has 112 valence electrons. The summed E-state index contributed by atoms with van der Waals surface area (Å²) in [5.41, 5.74) is 1.48. The molecule has 0 fully saturated rings. The van der Waals surface area contributed by atoms with Crippen molar-refractivity contribution in [2.75, 3.05) is 0 Å². The van der Waals surface area contributed by atoms with Crippen molar-refractivity contribution < 1.29 is 8.78 Å². The highest BCUT2D eigenvalue weighted by Gasteiger charge is 2.18. The standard InChI is InChI=1S/C17H18BrF2N/c1-3-16(12-7-9-13(18)10-8-12)21-11(2)14-5-4-6-15(19)17(14)20/h4-11,16,21H,3H2,1-2H3. The zero-order valence-electron chi connectivity index (χ0n) is 12.0. The normalized spacial score (nSPS) is 14.0. The summed E-state index contributed by atoms with van der Waals surface area (Å²) in [6.07, 6.45) is 0.864. The molecule has 0 aromatic heterocycles. The van der Waals surface area contributed by atoms with Gasteiger partial charge in [0.25, 0.3) is 0 Å². The molecular formula is C17H18BrF2N. The van der Waals surface area contributed by atoms with E-state index in [-0.39, 0.29) is 12.1 Å². The molecule has 0 radical (unpaired) electrons. The molecule has 1 N–H and O–H groups in total. The van der Waals surface area contributed by atoms with Gasteiger partial charge < -0.3 is 5.32 Å². The highest BCUT2D eigenvalue weighted by atomic mass is 79.9. The van der Waals surface area contributed by atoms with Crippen molar-refractivity contribution in [2.45, 2.75) is 32.4 Å². The summed E-state index contributed by atoms with van der Waals surface area (Å²) < 4.78 is 28.2. The SMILES string of the molecule is CCC(NC(C)c1cccc(F)c1F)c1ccc(Br)cc1. The summed E-state index contributed by atoms with van der Waals surface area (Å²) in [6, 6.07) is 12.1. The zero-order valence-corrected chi connectivity index (χ0v) is 13.6. The minimum atomic E-state index is -0.808. The lowest BCUT2D eigenvalue weighted by molar-refractivity contribution is 0.428. The summed E-state index contributed by atoms with van der Waals surface area (Å²) >= 11 is 3.41. The van der Waals surface area contributed by atoms with Crippen molar-refractivity contribution >= 4 is 15.9 Å². The lowest BCUT2D eigenvalue weighted by Crippen LogP contribution is -2.25. The van der Waals surface area contributed by atoms with E-state index in [9.17, 15) is 8.78 Å². The van der Waals surface area contributed by atoms with Crippen molar-refractivity contribution in [3.05, 3.63) is 69.7 Å². The number of benzene rings is 2. The minimum Gasteiger partial charge on any atom is -0.303 e. The molecule has 21 heavy (non-hydrogen) atoms. The summed E-state index contributed by atoms with van der Waals surface area (Å²) in [5, 5.41) is 3.36. The molecule has 0 aliphatic carbocycles. The number of rotatable bonds is 5. The first-order valence-corrected chi connectivity index (χ1v) is 7.77. The predicted octanol–water partition coefficient (Wildman–Crippen LogP) is 5.53. The summed E-state index contributed by atoms with van der Waals surface area (Å²) in [7, 11) is 0. The van der Waals surface area contributed by atoms with Crippen LogP contribution in [0.5, 0.6) is 0 Å². The first-order valence-electron chi connectivity index (χ1n) is 6.98. The second kappa shape index (κ2) is 7.14. The molecule has 0 aliphatic rings. The first kappa shape index (κ1) is 16.1. The predicted molar refractivity (Wildman–Crippen MR) is 85.1 cm³/mol. The van der Waals surface area contributed by atoms with E-state index < -0.39 is 11.6 Å². The van der Waals surface area contributed by atoms with Crippen molar-refractivity contribution in [1.29, 1.82) is 0 Å². The van der Waals surface area contributed by atoms with Gasteiger partial charge in [-0.1, -0.05) is 47.1 Å². The molecular weight excluding hydrogens is 336 g/mol. The Morgan fingerprint density at radius 2 is 1.76 bits per heavy atom. The van der Waals surface area contributed by atoms with Gasteiger partial charge in [-0.15, -0.1) is 0 Å². The van der Waals surface area contributed by atoms with E-state index in [0.29, 0.717) is 5.56 Å². The molecule has 2 aromatic rings. The van der Waals surface area contributed by atoms with Crippen LogP contribution in [0.2, 0.25) is 0 Å². The van der Waals surface area contributed by atoms with Gasteiger partial charge in [-0.25, -0.2) is 8.78 Å². The molecule has 2 atom stereocenters. The third-order valence-corrected chi connectivity index (χ3v) is 4.11. The van der Waals surface area contributed by atoms with E-state index in [4.69, 9.17) is 0 Å². The maximum Gasteiger partial charge on any atom is 0.163 e. The number of nitrogens with one attached hydrogen (secondary N) is 1. The second-order valence-corrected chi connectivity index (χ2v) is 5.96. The maximum absolute atomic E-state index is 13.8. The van der Waals surface area contributed by atoms with Gasteiger partial charge in [0, 0.05) is 22.1 Å². The average molecular weight is 354 g/mol. The van der Waals surface area contributed by atoms with Crippen LogP contribution in [0, 0.1) is 11.6 Å². The van der Waals surface area contributed by atoms with E-state index in [0.717, 1.165) is 22.5 Å². The Balaban J connectivity index is 2.18. The monoisotopic (exact) mass is 353 g/mol. The van der Waals surface area contributed by atoms with Gasteiger partial charge in [-0.3, -0.25) is 0 Å². The molecule has 0 heterocycles. The van der Waals surface area contributed by atoms with Gasteiger partial charge >= 0.3 is 0 Å². The number of halogens is 3. The van der Waals surface area contributed by atoms with Crippen LogP contribution in [0.25, 0.3) is 0 Å². The fourth-order valence-electron chi connectivity index (χ4n) is 2.39. The Morgan fingerprint density at radius 1 is 1.10 bits per heavy atom. The minimum absolute atomic E-state index is 0.0933. The summed E-state index contributed by atoms with van der Waals surface area (Å²) in [6.45, 7) is 3.91. The largest absolute Gasteiger partial charge is 0.303 e. The van der Waals surface area contributed by atoms with E-state index in [2.05, 4.69) is 28.2 Å². The first-order chi connectivity index (χ1) is 10.0. The van der Waals surface area contributed by atoms with Crippen LogP contribution in [-0.4, -0.2) is 0 Å². The highest BCUT2D eigenvalue weighted by Crippen LogP contribution is 2.25. The average Bonchev–Trinajstić information content (AvgIpc) is 2.48. The molecule has 0 amide bonds. The van der Waals surface area contributed by atoms with Crippen LogP contribution in [0.1, 0.15) is 43.5 Å². The van der Waals surface area contributed by atoms with E-state index in [1.165, 1.54) is 6.07 Å². The Bertz CT molecular complexity index is 598. The lowest BCUT2D eigenvalue weighted by atomic mass is 10.0. The molecule has 0 saturated heterocycles. The van der Waals surface area contributed by atoms with Gasteiger partial charge in [0.1, 0.15) is 0 Å². The van der Waals surface area contributed by atoms with Gasteiger partial charge in [0.2, 0.25) is 0 Å². The second-order valence-electron chi connectivity index (χ2n) is 5.04. The van der Waals surface area contributed by atoms with Crippen molar-refractivity contribution in [1.82, 2.24) is 5.32 Å². The third-order valence-electron chi connectivity index (χ3n) is 3.58.